The Hall–Kier alpha value is -1.55. The van der Waals surface area contributed by atoms with Crippen LogP contribution in [0, 0.1) is 0 Å². The van der Waals surface area contributed by atoms with E-state index in [9.17, 15) is 9.90 Å². The third-order valence-corrected chi connectivity index (χ3v) is 1.85. The lowest BCUT2D eigenvalue weighted by atomic mass is 10.1. The van der Waals surface area contributed by atoms with Crippen molar-refractivity contribution in [1.82, 2.24) is 0 Å². The van der Waals surface area contributed by atoms with Gasteiger partial charge in [0.05, 0.1) is 19.3 Å². The zero-order valence-corrected chi connectivity index (χ0v) is 8.11. The van der Waals surface area contributed by atoms with Crippen molar-refractivity contribution in [1.29, 1.82) is 0 Å². The van der Waals surface area contributed by atoms with E-state index in [1.165, 1.54) is 26.4 Å². The molecule has 1 aromatic rings. The lowest BCUT2D eigenvalue weighted by Crippen LogP contribution is -1.98. The van der Waals surface area contributed by atoms with Crippen molar-refractivity contribution in [2.24, 2.45) is 0 Å². The second-order valence-electron chi connectivity index (χ2n) is 2.77. The number of aromatic hydroxyl groups is 1. The predicted octanol–water partition coefficient (Wildman–Crippen LogP) is 1.36. The van der Waals surface area contributed by atoms with Crippen molar-refractivity contribution in [2.75, 3.05) is 14.2 Å². The molecule has 1 rings (SSSR count). The number of carbonyl (C=O) groups is 1. The Morgan fingerprint density at radius 1 is 1.43 bits per heavy atom. The molecule has 0 aliphatic heterocycles. The van der Waals surface area contributed by atoms with Crippen LogP contribution in [0.25, 0.3) is 0 Å². The summed E-state index contributed by atoms with van der Waals surface area (Å²) < 4.78 is 9.86. The molecule has 4 nitrogen and oxygen atoms in total. The SMILES string of the molecule is COCc1cc(O)cc(OC)c1C=O. The van der Waals surface area contributed by atoms with Gasteiger partial charge < -0.3 is 14.6 Å². The van der Waals surface area contributed by atoms with Gasteiger partial charge in [-0.25, -0.2) is 0 Å². The van der Waals surface area contributed by atoms with Crippen LogP contribution in [0.2, 0.25) is 0 Å². The van der Waals surface area contributed by atoms with Crippen LogP contribution in [-0.2, 0) is 11.3 Å². The van der Waals surface area contributed by atoms with Crippen LogP contribution in [-0.4, -0.2) is 25.6 Å². The monoisotopic (exact) mass is 196 g/mol. The molecule has 0 atom stereocenters. The highest BCUT2D eigenvalue weighted by atomic mass is 16.5. The molecule has 0 aliphatic carbocycles. The molecule has 0 saturated carbocycles. The lowest BCUT2D eigenvalue weighted by molar-refractivity contribution is 0.111. The molecule has 76 valence electrons. The molecule has 0 amide bonds. The first-order valence-corrected chi connectivity index (χ1v) is 4.07. The Morgan fingerprint density at radius 3 is 2.64 bits per heavy atom. The van der Waals surface area contributed by atoms with Crippen LogP contribution in [0.15, 0.2) is 12.1 Å². The van der Waals surface area contributed by atoms with E-state index in [0.29, 0.717) is 23.2 Å². The first-order chi connectivity index (χ1) is 6.72. The molecule has 0 bridgehead atoms. The van der Waals surface area contributed by atoms with Crippen LogP contribution >= 0.6 is 0 Å². The van der Waals surface area contributed by atoms with Gasteiger partial charge >= 0.3 is 0 Å². The Balaban J connectivity index is 3.24. The average Bonchev–Trinajstić information content (AvgIpc) is 2.17. The highest BCUT2D eigenvalue weighted by Crippen LogP contribution is 2.27. The van der Waals surface area contributed by atoms with Crippen molar-refractivity contribution in [3.8, 4) is 11.5 Å². The van der Waals surface area contributed by atoms with E-state index in [4.69, 9.17) is 9.47 Å². The summed E-state index contributed by atoms with van der Waals surface area (Å²) in [6, 6.07) is 2.87. The minimum Gasteiger partial charge on any atom is -0.508 e. The maximum atomic E-state index is 10.8. The summed E-state index contributed by atoms with van der Waals surface area (Å²) in [6.45, 7) is 0.263. The van der Waals surface area contributed by atoms with Crippen LogP contribution in [0.1, 0.15) is 15.9 Å². The van der Waals surface area contributed by atoms with Crippen molar-refractivity contribution in [3.63, 3.8) is 0 Å². The average molecular weight is 196 g/mol. The fraction of sp³-hybridized carbons (Fsp3) is 0.300. The minimum absolute atomic E-state index is 0.0551. The Bertz CT molecular complexity index is 333. The largest absolute Gasteiger partial charge is 0.508 e. The molecule has 1 N–H and O–H groups in total. The van der Waals surface area contributed by atoms with Gasteiger partial charge in [0.25, 0.3) is 0 Å². The van der Waals surface area contributed by atoms with Crippen LogP contribution in [0.5, 0.6) is 11.5 Å². The van der Waals surface area contributed by atoms with Crippen molar-refractivity contribution in [2.45, 2.75) is 6.61 Å². The molecule has 0 heterocycles. The summed E-state index contributed by atoms with van der Waals surface area (Å²) in [6.07, 6.45) is 0.687. The molecule has 0 saturated heterocycles. The highest BCUT2D eigenvalue weighted by molar-refractivity contribution is 5.82. The molecule has 0 aromatic heterocycles. The van der Waals surface area contributed by atoms with E-state index in [0.717, 1.165) is 0 Å². The fourth-order valence-corrected chi connectivity index (χ4v) is 1.25. The van der Waals surface area contributed by atoms with Gasteiger partial charge in [-0.15, -0.1) is 0 Å². The number of phenols is 1. The molecule has 0 radical (unpaired) electrons. The second-order valence-corrected chi connectivity index (χ2v) is 2.77. The maximum absolute atomic E-state index is 10.8. The Morgan fingerprint density at radius 2 is 2.14 bits per heavy atom. The summed E-state index contributed by atoms with van der Waals surface area (Å²) in [7, 11) is 2.96. The van der Waals surface area contributed by atoms with E-state index in [1.807, 2.05) is 0 Å². The number of carbonyl (C=O) groups excluding carboxylic acids is 1. The molecule has 0 spiro atoms. The molecule has 1 aromatic carbocycles. The number of hydrogen-bond donors (Lipinski definition) is 1. The zero-order valence-electron chi connectivity index (χ0n) is 8.11. The lowest BCUT2D eigenvalue weighted by Gasteiger charge is -2.09. The van der Waals surface area contributed by atoms with E-state index in [-0.39, 0.29) is 12.4 Å². The smallest absolute Gasteiger partial charge is 0.154 e. The van der Waals surface area contributed by atoms with Gasteiger partial charge in [0, 0.05) is 13.2 Å². The molecular weight excluding hydrogens is 184 g/mol. The third-order valence-electron chi connectivity index (χ3n) is 1.85. The first-order valence-electron chi connectivity index (χ1n) is 4.07. The first kappa shape index (κ1) is 10.5. The molecule has 0 unspecified atom stereocenters. The van der Waals surface area contributed by atoms with Crippen LogP contribution in [0.4, 0.5) is 0 Å². The number of aldehydes is 1. The topological polar surface area (TPSA) is 55.8 Å². The van der Waals surface area contributed by atoms with Gasteiger partial charge in [-0.2, -0.15) is 0 Å². The van der Waals surface area contributed by atoms with Gasteiger partial charge in [0.15, 0.2) is 6.29 Å². The number of phenolic OH excluding ortho intramolecular Hbond substituents is 1. The number of benzene rings is 1. The van der Waals surface area contributed by atoms with E-state index < -0.39 is 0 Å². The number of hydrogen-bond acceptors (Lipinski definition) is 4. The molecular formula is C10H12O4. The van der Waals surface area contributed by atoms with Crippen LogP contribution in [0.3, 0.4) is 0 Å². The summed E-state index contributed by atoms with van der Waals surface area (Å²) in [5.74, 6) is 0.409. The minimum atomic E-state index is 0.0551. The quantitative estimate of drug-likeness (QED) is 0.739. The van der Waals surface area contributed by atoms with Crippen LogP contribution < -0.4 is 4.74 Å². The maximum Gasteiger partial charge on any atom is 0.154 e. The molecule has 0 fully saturated rings. The third kappa shape index (κ3) is 2.03. The van der Waals surface area contributed by atoms with Gasteiger partial charge in [0.2, 0.25) is 0 Å². The summed E-state index contributed by atoms with van der Waals surface area (Å²) >= 11 is 0. The summed E-state index contributed by atoms with van der Waals surface area (Å²) in [5, 5.41) is 9.32. The highest BCUT2D eigenvalue weighted by Gasteiger charge is 2.10. The van der Waals surface area contributed by atoms with Gasteiger partial charge in [-0.1, -0.05) is 0 Å². The summed E-state index contributed by atoms with van der Waals surface area (Å²) in [4.78, 5) is 10.8. The Labute approximate surface area is 82.1 Å². The normalized spacial score (nSPS) is 9.86. The zero-order chi connectivity index (χ0) is 10.6. The van der Waals surface area contributed by atoms with Crippen molar-refractivity contribution >= 4 is 6.29 Å². The van der Waals surface area contributed by atoms with Gasteiger partial charge in [-0.3, -0.25) is 4.79 Å². The molecule has 4 heteroatoms. The molecule has 0 aliphatic rings. The Kier molecular flexibility index (Phi) is 3.48. The number of ether oxygens (including phenoxy) is 2. The van der Waals surface area contributed by atoms with Crippen molar-refractivity contribution < 1.29 is 19.4 Å². The van der Waals surface area contributed by atoms with Gasteiger partial charge in [0.1, 0.15) is 11.5 Å². The van der Waals surface area contributed by atoms with E-state index in [2.05, 4.69) is 0 Å². The summed E-state index contributed by atoms with van der Waals surface area (Å²) in [5.41, 5.74) is 1.02. The predicted molar refractivity (Wildman–Crippen MR) is 50.8 cm³/mol. The van der Waals surface area contributed by atoms with Crippen molar-refractivity contribution in [3.05, 3.63) is 23.3 Å². The van der Waals surface area contributed by atoms with Gasteiger partial charge in [-0.05, 0) is 11.6 Å². The van der Waals surface area contributed by atoms with E-state index >= 15 is 0 Å². The number of rotatable bonds is 4. The fourth-order valence-electron chi connectivity index (χ4n) is 1.25. The second kappa shape index (κ2) is 4.62. The number of methoxy groups -OCH3 is 2. The standard InChI is InChI=1S/C10H12O4/c1-13-6-7-3-8(12)4-10(14-2)9(7)5-11/h3-5,12H,6H2,1-2H3. The van der Waals surface area contributed by atoms with E-state index in [1.54, 1.807) is 0 Å². The molecule has 14 heavy (non-hydrogen) atoms.